The lowest BCUT2D eigenvalue weighted by molar-refractivity contribution is -0.131. The molecule has 3 rings (SSSR count). The van der Waals surface area contributed by atoms with Crippen LogP contribution in [0.4, 0.5) is 11.4 Å². The highest BCUT2D eigenvalue weighted by Crippen LogP contribution is 2.34. The van der Waals surface area contributed by atoms with Gasteiger partial charge in [0.15, 0.2) is 0 Å². The summed E-state index contributed by atoms with van der Waals surface area (Å²) in [5.74, 6) is -0.915. The van der Waals surface area contributed by atoms with Crippen LogP contribution in [0.1, 0.15) is 17.3 Å². The van der Waals surface area contributed by atoms with Gasteiger partial charge in [-0.25, -0.2) is 4.79 Å². The van der Waals surface area contributed by atoms with Crippen LogP contribution in [-0.4, -0.2) is 17.0 Å². The van der Waals surface area contributed by atoms with Crippen molar-refractivity contribution in [2.45, 2.75) is 6.92 Å². The maximum atomic E-state index is 11.2. The van der Waals surface area contributed by atoms with E-state index in [1.54, 1.807) is 24.3 Å². The number of carbonyl (C=O) groups excluding carboxylic acids is 1. The number of benzene rings is 3. The fourth-order valence-electron chi connectivity index (χ4n) is 2.37. The zero-order chi connectivity index (χ0) is 17.8. The van der Waals surface area contributed by atoms with E-state index >= 15 is 0 Å². The highest BCUT2D eigenvalue weighted by Gasteiger charge is 2.08. The van der Waals surface area contributed by atoms with Crippen molar-refractivity contribution in [2.24, 2.45) is 10.2 Å². The summed E-state index contributed by atoms with van der Waals surface area (Å²) in [6.45, 7) is 1.35. The predicted octanol–water partition coefficient (Wildman–Crippen LogP) is 4.88. The van der Waals surface area contributed by atoms with Gasteiger partial charge in [0, 0.05) is 17.7 Å². The summed E-state index contributed by atoms with van der Waals surface area (Å²) in [5.41, 5.74) is 1.35. The zero-order valence-electron chi connectivity index (χ0n) is 13.3. The molecule has 0 saturated heterocycles. The Hall–Kier alpha value is -3.54. The third-order valence-electron chi connectivity index (χ3n) is 3.50. The molecule has 6 heteroatoms. The number of aromatic carboxylic acids is 1. The van der Waals surface area contributed by atoms with E-state index in [-0.39, 0.29) is 5.56 Å². The van der Waals surface area contributed by atoms with Crippen LogP contribution in [0.15, 0.2) is 70.9 Å². The number of carbonyl (C=O) groups is 2. The Labute approximate surface area is 143 Å². The summed E-state index contributed by atoms with van der Waals surface area (Å²) >= 11 is 0. The molecule has 0 aromatic heterocycles. The van der Waals surface area contributed by atoms with Gasteiger partial charge in [-0.3, -0.25) is 4.79 Å². The number of carboxylic acids is 1. The molecule has 0 heterocycles. The molecule has 0 saturated carbocycles. The smallest absolute Gasteiger partial charge is 0.335 e. The highest BCUT2D eigenvalue weighted by molar-refractivity contribution is 5.97. The van der Waals surface area contributed by atoms with Gasteiger partial charge < -0.3 is 9.84 Å². The molecule has 0 bridgehead atoms. The minimum Gasteiger partial charge on any atom is -0.478 e. The number of rotatable bonds is 4. The van der Waals surface area contributed by atoms with Crippen molar-refractivity contribution in [1.82, 2.24) is 0 Å². The van der Waals surface area contributed by atoms with Crippen molar-refractivity contribution in [3.05, 3.63) is 66.2 Å². The molecule has 6 nitrogen and oxygen atoms in total. The molecule has 0 atom stereocenters. The molecule has 3 aromatic carbocycles. The Morgan fingerprint density at radius 1 is 0.880 bits per heavy atom. The van der Waals surface area contributed by atoms with Crippen molar-refractivity contribution < 1.29 is 19.4 Å². The largest absolute Gasteiger partial charge is 0.478 e. The summed E-state index contributed by atoms with van der Waals surface area (Å²) in [4.78, 5) is 22.1. The van der Waals surface area contributed by atoms with E-state index in [4.69, 9.17) is 9.84 Å². The number of nitrogens with zero attached hydrogens (tertiary/aromatic N) is 2. The maximum absolute atomic E-state index is 11.2. The van der Waals surface area contributed by atoms with Crippen LogP contribution in [-0.2, 0) is 4.79 Å². The minimum atomic E-state index is -0.990. The molecule has 0 aliphatic carbocycles. The van der Waals surface area contributed by atoms with Crippen LogP contribution in [0, 0.1) is 0 Å². The van der Waals surface area contributed by atoms with E-state index in [9.17, 15) is 9.59 Å². The van der Waals surface area contributed by atoms with Gasteiger partial charge in [-0.05, 0) is 36.4 Å². The van der Waals surface area contributed by atoms with Crippen LogP contribution in [0.2, 0.25) is 0 Å². The van der Waals surface area contributed by atoms with Crippen molar-refractivity contribution in [3.8, 4) is 5.75 Å². The molecule has 0 amide bonds. The molecule has 0 radical (unpaired) electrons. The van der Waals surface area contributed by atoms with E-state index in [2.05, 4.69) is 10.2 Å². The van der Waals surface area contributed by atoms with Crippen molar-refractivity contribution in [1.29, 1.82) is 0 Å². The van der Waals surface area contributed by atoms with E-state index < -0.39 is 11.9 Å². The first-order valence-electron chi connectivity index (χ1n) is 7.50. The van der Waals surface area contributed by atoms with Gasteiger partial charge in [-0.1, -0.05) is 24.3 Å². The molecule has 0 spiro atoms. The van der Waals surface area contributed by atoms with Crippen molar-refractivity contribution in [2.75, 3.05) is 0 Å². The molecule has 3 aromatic rings. The van der Waals surface area contributed by atoms with Crippen molar-refractivity contribution in [3.63, 3.8) is 0 Å². The first kappa shape index (κ1) is 16.3. The van der Waals surface area contributed by atoms with Crippen LogP contribution in [0.5, 0.6) is 5.75 Å². The normalized spacial score (nSPS) is 10.9. The van der Waals surface area contributed by atoms with Gasteiger partial charge in [0.05, 0.1) is 16.9 Å². The molecule has 25 heavy (non-hydrogen) atoms. The fourth-order valence-corrected chi connectivity index (χ4v) is 2.37. The van der Waals surface area contributed by atoms with Crippen LogP contribution >= 0.6 is 0 Å². The predicted molar refractivity (Wildman–Crippen MR) is 92.8 cm³/mol. The standard InChI is InChI=1S/C19H14N2O4/c1-12(22)25-18-11-10-17(15-4-2-3-5-16(15)18)21-20-14-8-6-13(7-9-14)19(23)24/h2-11H,1H3,(H,23,24). The Morgan fingerprint density at radius 2 is 1.56 bits per heavy atom. The van der Waals surface area contributed by atoms with Gasteiger partial charge in [0.2, 0.25) is 0 Å². The van der Waals surface area contributed by atoms with E-state index in [0.717, 1.165) is 10.8 Å². The third-order valence-corrected chi connectivity index (χ3v) is 3.50. The summed E-state index contributed by atoms with van der Waals surface area (Å²) in [7, 11) is 0. The number of hydrogen-bond donors (Lipinski definition) is 1. The molecule has 0 aliphatic heterocycles. The average molecular weight is 334 g/mol. The number of azo groups is 1. The summed E-state index contributed by atoms with van der Waals surface area (Å²) in [6.07, 6.45) is 0. The monoisotopic (exact) mass is 334 g/mol. The average Bonchev–Trinajstić information content (AvgIpc) is 2.61. The highest BCUT2D eigenvalue weighted by atomic mass is 16.5. The molecular formula is C19H14N2O4. The van der Waals surface area contributed by atoms with Crippen LogP contribution in [0.25, 0.3) is 10.8 Å². The lowest BCUT2D eigenvalue weighted by Crippen LogP contribution is -2.01. The maximum Gasteiger partial charge on any atom is 0.335 e. The second-order valence-electron chi connectivity index (χ2n) is 5.27. The van der Waals surface area contributed by atoms with Crippen LogP contribution in [0.3, 0.4) is 0 Å². The number of ether oxygens (including phenoxy) is 1. The number of hydrogen-bond acceptors (Lipinski definition) is 5. The number of fused-ring (bicyclic) bond motifs is 1. The summed E-state index contributed by atoms with van der Waals surface area (Å²) < 4.78 is 5.21. The Balaban J connectivity index is 1.96. The zero-order valence-corrected chi connectivity index (χ0v) is 13.3. The first-order valence-corrected chi connectivity index (χ1v) is 7.50. The van der Waals surface area contributed by atoms with E-state index in [0.29, 0.717) is 17.1 Å². The van der Waals surface area contributed by atoms with Gasteiger partial charge in [0.25, 0.3) is 0 Å². The van der Waals surface area contributed by atoms with Gasteiger partial charge in [0.1, 0.15) is 5.75 Å². The SMILES string of the molecule is CC(=O)Oc1ccc(N=Nc2ccc(C(=O)O)cc2)c2ccccc12. The minimum absolute atomic E-state index is 0.190. The quantitative estimate of drug-likeness (QED) is 0.418. The summed E-state index contributed by atoms with van der Waals surface area (Å²) in [5, 5.41) is 18.8. The molecule has 1 N–H and O–H groups in total. The fraction of sp³-hybridized carbons (Fsp3) is 0.0526. The lowest BCUT2D eigenvalue weighted by atomic mass is 10.1. The molecule has 0 fully saturated rings. The van der Waals surface area contributed by atoms with Gasteiger partial charge in [-0.15, -0.1) is 5.11 Å². The number of carboxylic acid groups (broad SMARTS) is 1. The Kier molecular flexibility index (Phi) is 4.52. The molecule has 0 aliphatic rings. The first-order chi connectivity index (χ1) is 12.0. The van der Waals surface area contributed by atoms with Crippen molar-refractivity contribution >= 4 is 34.1 Å². The molecular weight excluding hydrogens is 320 g/mol. The van der Waals surface area contributed by atoms with E-state index in [1.165, 1.54) is 19.1 Å². The van der Waals surface area contributed by atoms with Crippen LogP contribution < -0.4 is 4.74 Å². The topological polar surface area (TPSA) is 88.3 Å². The molecule has 124 valence electrons. The lowest BCUT2D eigenvalue weighted by Gasteiger charge is -2.07. The Morgan fingerprint density at radius 3 is 2.20 bits per heavy atom. The Bertz CT molecular complexity index is 978. The summed E-state index contributed by atoms with van der Waals surface area (Å²) in [6, 6.07) is 16.9. The van der Waals surface area contributed by atoms with E-state index in [1.807, 2.05) is 24.3 Å². The second kappa shape index (κ2) is 6.92. The van der Waals surface area contributed by atoms with Gasteiger partial charge in [-0.2, -0.15) is 5.11 Å². The number of esters is 1. The molecule has 0 unspecified atom stereocenters. The second-order valence-corrected chi connectivity index (χ2v) is 5.27. The third kappa shape index (κ3) is 3.69. The van der Waals surface area contributed by atoms with Gasteiger partial charge >= 0.3 is 11.9 Å².